The molecule has 2 N–H and O–H groups in total. The molecular weight excluding hydrogens is 309 g/mol. The van der Waals surface area contributed by atoms with Crippen molar-refractivity contribution in [2.24, 2.45) is 0 Å². The lowest BCUT2D eigenvalue weighted by atomic mass is 10.1. The molecule has 1 heterocycles. The van der Waals surface area contributed by atoms with Crippen LogP contribution in [0.3, 0.4) is 0 Å². The van der Waals surface area contributed by atoms with E-state index in [1.54, 1.807) is 0 Å². The lowest BCUT2D eigenvalue weighted by Crippen LogP contribution is -2.26. The van der Waals surface area contributed by atoms with Gasteiger partial charge in [-0.25, -0.2) is 0 Å². The van der Waals surface area contributed by atoms with E-state index < -0.39 is 11.7 Å². The van der Waals surface area contributed by atoms with Crippen molar-refractivity contribution in [2.45, 2.75) is 19.5 Å². The minimum atomic E-state index is -4.35. The predicted octanol–water partition coefficient (Wildman–Crippen LogP) is 3.21. The third kappa shape index (κ3) is 4.45. The van der Waals surface area contributed by atoms with Crippen molar-refractivity contribution in [1.29, 1.82) is 0 Å². The second kappa shape index (κ2) is 6.68. The topological polar surface area (TPSA) is 62.0 Å². The maximum absolute atomic E-state index is 12.4. The molecule has 0 saturated carbocycles. The van der Waals surface area contributed by atoms with Crippen molar-refractivity contribution in [3.8, 4) is 0 Å². The Balaban J connectivity index is 1.86. The summed E-state index contributed by atoms with van der Waals surface area (Å²) in [5.74, 6) is -0.519. The number of hydrogen-bond donors (Lipinski definition) is 2. The van der Waals surface area contributed by atoms with Gasteiger partial charge in [-0.1, -0.05) is 12.1 Å². The van der Waals surface area contributed by atoms with Crippen LogP contribution in [-0.2, 0) is 12.6 Å². The summed E-state index contributed by atoms with van der Waals surface area (Å²) in [6.45, 7) is 1.67. The number of hydrogen-bond acceptors (Lipinski definition) is 2. The number of carbonyl (C=O) groups is 2. The maximum atomic E-state index is 12.4. The molecule has 0 spiro atoms. The van der Waals surface area contributed by atoms with Gasteiger partial charge in [0, 0.05) is 18.3 Å². The van der Waals surface area contributed by atoms with Gasteiger partial charge in [0.25, 0.3) is 5.91 Å². The second-order valence-electron chi connectivity index (χ2n) is 5.06. The average Bonchev–Trinajstić information content (AvgIpc) is 2.97. The Morgan fingerprint density at radius 2 is 1.83 bits per heavy atom. The number of ketones is 1. The highest BCUT2D eigenvalue weighted by molar-refractivity contribution is 5.99. The monoisotopic (exact) mass is 324 g/mol. The van der Waals surface area contributed by atoms with E-state index in [0.29, 0.717) is 17.5 Å². The molecule has 0 aliphatic heterocycles. The van der Waals surface area contributed by atoms with Crippen molar-refractivity contribution in [2.75, 3.05) is 6.54 Å². The van der Waals surface area contributed by atoms with Crippen LogP contribution in [0.25, 0.3) is 0 Å². The molecule has 2 rings (SSSR count). The van der Waals surface area contributed by atoms with Crippen LogP contribution in [0, 0.1) is 0 Å². The molecule has 23 heavy (non-hydrogen) atoms. The zero-order chi connectivity index (χ0) is 17.0. The van der Waals surface area contributed by atoms with Gasteiger partial charge in [-0.2, -0.15) is 13.2 Å². The normalized spacial score (nSPS) is 11.3. The van der Waals surface area contributed by atoms with Gasteiger partial charge < -0.3 is 10.3 Å². The molecule has 0 aliphatic rings. The van der Waals surface area contributed by atoms with Crippen LogP contribution in [0.15, 0.2) is 36.5 Å². The summed E-state index contributed by atoms with van der Waals surface area (Å²) >= 11 is 0. The van der Waals surface area contributed by atoms with Crippen molar-refractivity contribution >= 4 is 11.7 Å². The molecule has 0 bridgehead atoms. The van der Waals surface area contributed by atoms with E-state index >= 15 is 0 Å². The first kappa shape index (κ1) is 16.8. The third-order valence-corrected chi connectivity index (χ3v) is 3.31. The molecular formula is C16H15F3N2O2. The Hall–Kier alpha value is -2.57. The number of aromatic nitrogens is 1. The standard InChI is InChI=1S/C16H15F3N2O2/c1-10(22)12-8-14(21-9-12)15(23)20-7-6-11-2-4-13(5-3-11)16(17,18)19/h2-5,8-9,21H,6-7H2,1H3,(H,20,23). The van der Waals surface area contributed by atoms with E-state index in [1.807, 2.05) is 0 Å². The van der Waals surface area contributed by atoms with E-state index in [1.165, 1.54) is 31.3 Å². The Morgan fingerprint density at radius 3 is 2.35 bits per heavy atom. The largest absolute Gasteiger partial charge is 0.416 e. The molecule has 0 atom stereocenters. The summed E-state index contributed by atoms with van der Waals surface area (Å²) in [5, 5.41) is 2.64. The predicted molar refractivity (Wildman–Crippen MR) is 78.3 cm³/mol. The molecule has 1 aromatic carbocycles. The summed E-state index contributed by atoms with van der Waals surface area (Å²) in [5.41, 5.74) is 0.670. The number of nitrogens with one attached hydrogen (secondary N) is 2. The van der Waals surface area contributed by atoms with Crippen molar-refractivity contribution < 1.29 is 22.8 Å². The fourth-order valence-corrected chi connectivity index (χ4v) is 2.00. The Kier molecular flexibility index (Phi) is 4.88. The molecule has 0 fully saturated rings. The summed E-state index contributed by atoms with van der Waals surface area (Å²) < 4.78 is 37.3. The molecule has 0 radical (unpaired) electrons. The molecule has 2 aromatic rings. The van der Waals surface area contributed by atoms with Gasteiger partial charge in [0.05, 0.1) is 5.56 Å². The van der Waals surface area contributed by atoms with Gasteiger partial charge >= 0.3 is 6.18 Å². The Morgan fingerprint density at radius 1 is 1.17 bits per heavy atom. The molecule has 122 valence electrons. The smallest absolute Gasteiger partial charge is 0.356 e. The quantitative estimate of drug-likeness (QED) is 0.830. The van der Waals surface area contributed by atoms with Crippen molar-refractivity contribution in [3.05, 3.63) is 58.9 Å². The van der Waals surface area contributed by atoms with Gasteiger partial charge in [-0.05, 0) is 37.1 Å². The second-order valence-corrected chi connectivity index (χ2v) is 5.06. The molecule has 7 heteroatoms. The number of halogens is 3. The lowest BCUT2D eigenvalue weighted by Gasteiger charge is -2.08. The molecule has 1 amide bonds. The van der Waals surface area contributed by atoms with Crippen LogP contribution in [0.5, 0.6) is 0 Å². The van der Waals surface area contributed by atoms with Crippen molar-refractivity contribution in [3.63, 3.8) is 0 Å². The number of rotatable bonds is 5. The van der Waals surface area contributed by atoms with E-state index in [-0.39, 0.29) is 23.9 Å². The van der Waals surface area contributed by atoms with Crippen LogP contribution in [0.1, 0.15) is 38.9 Å². The SMILES string of the molecule is CC(=O)c1c[nH]c(C(=O)NCCc2ccc(C(F)(F)F)cc2)c1. The first-order chi connectivity index (χ1) is 10.8. The molecule has 0 saturated heterocycles. The van der Waals surface area contributed by atoms with Gasteiger partial charge in [-0.15, -0.1) is 0 Å². The molecule has 4 nitrogen and oxygen atoms in total. The summed E-state index contributed by atoms with van der Waals surface area (Å²) in [7, 11) is 0. The first-order valence-electron chi connectivity index (χ1n) is 6.91. The number of H-pyrrole nitrogens is 1. The van der Waals surface area contributed by atoms with Crippen LogP contribution >= 0.6 is 0 Å². The zero-order valence-electron chi connectivity index (χ0n) is 12.3. The van der Waals surface area contributed by atoms with E-state index in [9.17, 15) is 22.8 Å². The fraction of sp³-hybridized carbons (Fsp3) is 0.250. The Labute approximate surface area is 130 Å². The van der Waals surface area contributed by atoms with Gasteiger partial charge in [-0.3, -0.25) is 9.59 Å². The number of amides is 1. The number of carbonyl (C=O) groups excluding carboxylic acids is 2. The number of aromatic amines is 1. The minimum Gasteiger partial charge on any atom is -0.356 e. The maximum Gasteiger partial charge on any atom is 0.416 e. The van der Waals surface area contributed by atoms with E-state index in [4.69, 9.17) is 0 Å². The molecule has 0 aliphatic carbocycles. The number of Topliss-reactive ketones (excluding diaryl/α,β-unsaturated/α-hetero) is 1. The van der Waals surface area contributed by atoms with Gasteiger partial charge in [0.15, 0.2) is 5.78 Å². The lowest BCUT2D eigenvalue weighted by molar-refractivity contribution is -0.137. The molecule has 1 aromatic heterocycles. The molecule has 0 unspecified atom stereocenters. The van der Waals surface area contributed by atoms with Gasteiger partial charge in [0.1, 0.15) is 5.69 Å². The van der Waals surface area contributed by atoms with Crippen molar-refractivity contribution in [1.82, 2.24) is 10.3 Å². The van der Waals surface area contributed by atoms with Crippen LogP contribution in [-0.4, -0.2) is 23.2 Å². The average molecular weight is 324 g/mol. The van der Waals surface area contributed by atoms with E-state index in [2.05, 4.69) is 10.3 Å². The van der Waals surface area contributed by atoms with Crippen LogP contribution in [0.2, 0.25) is 0 Å². The third-order valence-electron chi connectivity index (χ3n) is 3.31. The first-order valence-corrected chi connectivity index (χ1v) is 6.91. The Bertz CT molecular complexity index is 703. The zero-order valence-corrected chi connectivity index (χ0v) is 12.3. The summed E-state index contributed by atoms with van der Waals surface area (Å²) in [4.78, 5) is 25.7. The van der Waals surface area contributed by atoms with Crippen LogP contribution in [0.4, 0.5) is 13.2 Å². The van der Waals surface area contributed by atoms with E-state index in [0.717, 1.165) is 12.1 Å². The minimum absolute atomic E-state index is 0.148. The number of benzene rings is 1. The fourth-order valence-electron chi connectivity index (χ4n) is 2.00. The summed E-state index contributed by atoms with van der Waals surface area (Å²) in [6.07, 6.45) is -2.49. The van der Waals surface area contributed by atoms with Crippen LogP contribution < -0.4 is 5.32 Å². The highest BCUT2D eigenvalue weighted by atomic mass is 19.4. The summed E-state index contributed by atoms with van der Waals surface area (Å²) in [6, 6.07) is 6.26. The van der Waals surface area contributed by atoms with Gasteiger partial charge in [0.2, 0.25) is 0 Å². The number of alkyl halides is 3. The highest BCUT2D eigenvalue weighted by Gasteiger charge is 2.29. The highest BCUT2D eigenvalue weighted by Crippen LogP contribution is 2.29.